The van der Waals surface area contributed by atoms with Crippen molar-refractivity contribution in [2.45, 2.75) is 18.9 Å². The van der Waals surface area contributed by atoms with Crippen molar-refractivity contribution in [1.29, 1.82) is 0 Å². The molecule has 22 heavy (non-hydrogen) atoms. The van der Waals surface area contributed by atoms with Gasteiger partial charge in [-0.1, -0.05) is 13.8 Å². The molecule has 114 valence electrons. The van der Waals surface area contributed by atoms with E-state index in [1.54, 1.807) is 25.2 Å². The minimum atomic E-state index is 0.629. The summed E-state index contributed by atoms with van der Waals surface area (Å²) in [5.41, 5.74) is 2.89. The van der Waals surface area contributed by atoms with Crippen LogP contribution in [-0.2, 0) is 0 Å². The topological polar surface area (TPSA) is 47.9 Å². The summed E-state index contributed by atoms with van der Waals surface area (Å²) in [5, 5.41) is 1.02. The van der Waals surface area contributed by atoms with Gasteiger partial charge in [0.05, 0.1) is 7.11 Å². The number of benzene rings is 1. The summed E-state index contributed by atoms with van der Waals surface area (Å²) >= 11 is 3.24. The summed E-state index contributed by atoms with van der Waals surface area (Å²) in [4.78, 5) is 8.86. The molecule has 0 atom stereocenters. The van der Waals surface area contributed by atoms with Gasteiger partial charge in [-0.05, 0) is 41.7 Å². The zero-order valence-corrected chi connectivity index (χ0v) is 14.4. The van der Waals surface area contributed by atoms with Crippen molar-refractivity contribution in [2.24, 2.45) is 5.92 Å². The van der Waals surface area contributed by atoms with E-state index in [0.717, 1.165) is 38.0 Å². The number of rotatable bonds is 5. The largest absolute Gasteiger partial charge is 0.497 e. The van der Waals surface area contributed by atoms with Gasteiger partial charge >= 0.3 is 0 Å². The van der Waals surface area contributed by atoms with Gasteiger partial charge in [0, 0.05) is 11.3 Å². The van der Waals surface area contributed by atoms with Gasteiger partial charge in [-0.2, -0.15) is 4.37 Å². The predicted molar refractivity (Wildman–Crippen MR) is 92.8 cm³/mol. The van der Waals surface area contributed by atoms with E-state index in [0.29, 0.717) is 5.92 Å². The van der Waals surface area contributed by atoms with Gasteiger partial charge in [-0.25, -0.2) is 9.97 Å². The number of aromatic nitrogens is 3. The second-order valence-corrected chi connectivity index (χ2v) is 7.10. The van der Waals surface area contributed by atoms with Crippen LogP contribution in [0.1, 0.15) is 13.8 Å². The Morgan fingerprint density at radius 3 is 2.64 bits per heavy atom. The Kier molecular flexibility index (Phi) is 4.59. The number of methoxy groups -OCH3 is 1. The lowest BCUT2D eigenvalue weighted by Crippen LogP contribution is -1.92. The maximum Gasteiger partial charge on any atom is 0.119 e. The highest BCUT2D eigenvalue weighted by molar-refractivity contribution is 7.99. The fourth-order valence-electron chi connectivity index (χ4n) is 2.03. The monoisotopic (exact) mass is 331 g/mol. The fourth-order valence-corrected chi connectivity index (χ4v) is 3.90. The van der Waals surface area contributed by atoms with Crippen LogP contribution in [0, 0.1) is 5.92 Å². The second kappa shape index (κ2) is 6.62. The van der Waals surface area contributed by atoms with Crippen LogP contribution in [0.25, 0.3) is 21.5 Å². The van der Waals surface area contributed by atoms with Crippen molar-refractivity contribution in [3.8, 4) is 17.0 Å². The minimum absolute atomic E-state index is 0.629. The molecule has 3 rings (SSSR count). The molecule has 2 aromatic heterocycles. The van der Waals surface area contributed by atoms with E-state index in [2.05, 4.69) is 28.2 Å². The predicted octanol–water partition coefficient (Wildman–Crippen LogP) is 4.51. The van der Waals surface area contributed by atoms with Crippen LogP contribution in [0.2, 0.25) is 0 Å². The Morgan fingerprint density at radius 1 is 1.18 bits per heavy atom. The molecular weight excluding hydrogens is 314 g/mol. The first-order chi connectivity index (χ1) is 10.7. The summed E-state index contributed by atoms with van der Waals surface area (Å²) in [7, 11) is 1.67. The van der Waals surface area contributed by atoms with Crippen LogP contribution in [0.3, 0.4) is 0 Å². The molecule has 0 aliphatic heterocycles. The number of thioether (sulfide) groups is 1. The Hall–Kier alpha value is -1.66. The molecule has 0 aliphatic rings. The summed E-state index contributed by atoms with van der Waals surface area (Å²) < 4.78 is 10.9. The molecule has 4 nitrogen and oxygen atoms in total. The Morgan fingerprint density at radius 2 is 1.95 bits per heavy atom. The summed E-state index contributed by atoms with van der Waals surface area (Å²) in [6.07, 6.45) is 1.63. The third-order valence-corrected chi connectivity index (χ3v) is 5.53. The molecule has 0 radical (unpaired) electrons. The molecule has 1 aromatic carbocycles. The molecule has 2 heterocycles. The van der Waals surface area contributed by atoms with Crippen molar-refractivity contribution in [3.63, 3.8) is 0 Å². The Balaban J connectivity index is 1.99. The molecule has 3 aromatic rings. The normalized spacial score (nSPS) is 11.3. The number of hydrogen-bond donors (Lipinski definition) is 0. The summed E-state index contributed by atoms with van der Waals surface area (Å²) in [6, 6.07) is 7.90. The molecule has 0 bridgehead atoms. The first kappa shape index (κ1) is 15.2. The average molecular weight is 331 g/mol. The van der Waals surface area contributed by atoms with E-state index < -0.39 is 0 Å². The molecule has 0 spiro atoms. The molecule has 0 fully saturated rings. The maximum absolute atomic E-state index is 5.20. The van der Waals surface area contributed by atoms with Crippen molar-refractivity contribution >= 4 is 33.5 Å². The van der Waals surface area contributed by atoms with Crippen molar-refractivity contribution in [3.05, 3.63) is 30.6 Å². The molecule has 0 N–H and O–H groups in total. The first-order valence-corrected chi connectivity index (χ1v) is 8.82. The van der Waals surface area contributed by atoms with Gasteiger partial charge in [0.25, 0.3) is 0 Å². The maximum atomic E-state index is 5.20. The van der Waals surface area contributed by atoms with Crippen LogP contribution in [0.15, 0.2) is 35.6 Å². The summed E-state index contributed by atoms with van der Waals surface area (Å²) in [6.45, 7) is 4.42. The van der Waals surface area contributed by atoms with Crippen molar-refractivity contribution in [1.82, 2.24) is 14.3 Å². The fraction of sp³-hybridized carbons (Fsp3) is 0.312. The third-order valence-electron chi connectivity index (χ3n) is 3.14. The van der Waals surface area contributed by atoms with E-state index in [4.69, 9.17) is 4.74 Å². The van der Waals surface area contributed by atoms with E-state index >= 15 is 0 Å². The van der Waals surface area contributed by atoms with Gasteiger partial charge < -0.3 is 4.74 Å². The quantitative estimate of drug-likeness (QED) is 0.508. The van der Waals surface area contributed by atoms with E-state index in [9.17, 15) is 0 Å². The molecule has 0 unspecified atom stereocenters. The molecular formula is C16H17N3OS2. The molecule has 6 heteroatoms. The van der Waals surface area contributed by atoms with Crippen LogP contribution in [-0.4, -0.2) is 27.2 Å². The average Bonchev–Trinajstić information content (AvgIpc) is 2.97. The second-order valence-electron chi connectivity index (χ2n) is 5.32. The first-order valence-electron chi connectivity index (χ1n) is 7.06. The Bertz CT molecular complexity index is 769. The molecule has 0 saturated carbocycles. The number of fused-ring (bicyclic) bond motifs is 1. The van der Waals surface area contributed by atoms with Crippen molar-refractivity contribution < 1.29 is 4.74 Å². The lowest BCUT2D eigenvalue weighted by molar-refractivity contribution is 0.415. The SMILES string of the molecule is COc1ccc(-c2nsc3c(SCC(C)C)ncnc23)cc1. The Labute approximate surface area is 138 Å². The van der Waals surface area contributed by atoms with Crippen molar-refractivity contribution in [2.75, 3.05) is 12.9 Å². The zero-order chi connectivity index (χ0) is 15.5. The third kappa shape index (κ3) is 3.08. The lowest BCUT2D eigenvalue weighted by Gasteiger charge is -2.04. The minimum Gasteiger partial charge on any atom is -0.497 e. The van der Waals surface area contributed by atoms with Crippen LogP contribution >= 0.6 is 23.3 Å². The highest BCUT2D eigenvalue weighted by Gasteiger charge is 2.14. The van der Waals surface area contributed by atoms with Crippen LogP contribution in [0.5, 0.6) is 5.75 Å². The van der Waals surface area contributed by atoms with Crippen LogP contribution < -0.4 is 4.74 Å². The molecule has 0 saturated heterocycles. The number of ether oxygens (including phenoxy) is 1. The van der Waals surface area contributed by atoms with E-state index in [1.807, 2.05) is 24.3 Å². The van der Waals surface area contributed by atoms with E-state index in [1.165, 1.54) is 11.5 Å². The zero-order valence-electron chi connectivity index (χ0n) is 12.7. The number of hydrogen-bond acceptors (Lipinski definition) is 6. The van der Waals surface area contributed by atoms with Gasteiger partial charge in [0.15, 0.2) is 0 Å². The molecule has 0 amide bonds. The van der Waals surface area contributed by atoms with E-state index in [-0.39, 0.29) is 0 Å². The van der Waals surface area contributed by atoms with Gasteiger partial charge in [0.2, 0.25) is 0 Å². The smallest absolute Gasteiger partial charge is 0.119 e. The highest BCUT2D eigenvalue weighted by Crippen LogP contribution is 2.35. The van der Waals surface area contributed by atoms with Gasteiger partial charge in [0.1, 0.15) is 33.0 Å². The van der Waals surface area contributed by atoms with Gasteiger partial charge in [-0.3, -0.25) is 0 Å². The van der Waals surface area contributed by atoms with Crippen LogP contribution in [0.4, 0.5) is 0 Å². The summed E-state index contributed by atoms with van der Waals surface area (Å²) in [5.74, 6) is 2.51. The number of nitrogens with zero attached hydrogens (tertiary/aromatic N) is 3. The standard InChI is InChI=1S/C16H17N3OS2/c1-10(2)8-21-16-15-14(17-9-18-16)13(19-22-15)11-4-6-12(20-3)7-5-11/h4-7,9-10H,8H2,1-3H3. The molecule has 0 aliphatic carbocycles. The highest BCUT2D eigenvalue weighted by atomic mass is 32.2. The lowest BCUT2D eigenvalue weighted by atomic mass is 10.1. The van der Waals surface area contributed by atoms with Gasteiger partial charge in [-0.15, -0.1) is 11.8 Å².